The quantitative estimate of drug-likeness (QED) is 0.902. The number of likely N-dealkylation sites (tertiary alicyclic amines) is 1. The van der Waals surface area contributed by atoms with Gasteiger partial charge in [0.05, 0.1) is 6.54 Å². The summed E-state index contributed by atoms with van der Waals surface area (Å²) in [5.74, 6) is 0.359. The standard InChI is InChI=1S/C15H20FN3O/c1-18-6-5-11(9-18)10-19-14(20)8-17-15(19)12-3-2-4-13(16)7-12/h2-4,7,11,15,17H,5-6,8-10H2,1H3. The molecular formula is C15H20FN3O. The van der Waals surface area contributed by atoms with Crippen LogP contribution in [0.4, 0.5) is 4.39 Å². The van der Waals surface area contributed by atoms with Crippen molar-refractivity contribution in [2.75, 3.05) is 33.2 Å². The van der Waals surface area contributed by atoms with Crippen LogP contribution in [-0.2, 0) is 4.79 Å². The van der Waals surface area contributed by atoms with Crippen LogP contribution in [0.1, 0.15) is 18.2 Å². The van der Waals surface area contributed by atoms with Crippen molar-refractivity contribution in [3.05, 3.63) is 35.6 Å². The molecule has 2 heterocycles. The Morgan fingerprint density at radius 3 is 3.00 bits per heavy atom. The van der Waals surface area contributed by atoms with Crippen LogP contribution in [0.5, 0.6) is 0 Å². The van der Waals surface area contributed by atoms with Gasteiger partial charge in [0.25, 0.3) is 0 Å². The zero-order valence-electron chi connectivity index (χ0n) is 11.7. The van der Waals surface area contributed by atoms with Gasteiger partial charge >= 0.3 is 0 Å². The summed E-state index contributed by atoms with van der Waals surface area (Å²) in [6.07, 6.45) is 0.931. The second-order valence-corrected chi connectivity index (χ2v) is 5.80. The maximum absolute atomic E-state index is 13.4. The predicted molar refractivity (Wildman–Crippen MR) is 74.5 cm³/mol. The van der Waals surface area contributed by atoms with Gasteiger partial charge in [0.15, 0.2) is 0 Å². The minimum Gasteiger partial charge on any atom is -0.321 e. The van der Waals surface area contributed by atoms with E-state index in [1.165, 1.54) is 12.1 Å². The van der Waals surface area contributed by atoms with E-state index >= 15 is 0 Å². The number of hydrogen-bond donors (Lipinski definition) is 1. The fourth-order valence-electron chi connectivity index (χ4n) is 3.17. The van der Waals surface area contributed by atoms with Gasteiger partial charge in [0.2, 0.25) is 5.91 Å². The third-order valence-electron chi connectivity index (χ3n) is 4.19. The number of benzene rings is 1. The third kappa shape index (κ3) is 2.69. The van der Waals surface area contributed by atoms with Gasteiger partial charge in [-0.3, -0.25) is 10.1 Å². The maximum Gasteiger partial charge on any atom is 0.238 e. The van der Waals surface area contributed by atoms with Gasteiger partial charge in [-0.2, -0.15) is 0 Å². The molecule has 1 N–H and O–H groups in total. The van der Waals surface area contributed by atoms with Gasteiger partial charge < -0.3 is 9.80 Å². The molecule has 5 heteroatoms. The summed E-state index contributed by atoms with van der Waals surface area (Å²) in [4.78, 5) is 16.2. The molecule has 1 aromatic rings. The van der Waals surface area contributed by atoms with Crippen molar-refractivity contribution >= 4 is 5.91 Å². The Balaban J connectivity index is 1.75. The van der Waals surface area contributed by atoms with Gasteiger partial charge in [0.1, 0.15) is 12.0 Å². The van der Waals surface area contributed by atoms with E-state index in [2.05, 4.69) is 17.3 Å². The molecule has 2 aliphatic rings. The van der Waals surface area contributed by atoms with Gasteiger partial charge in [0, 0.05) is 13.1 Å². The number of carbonyl (C=O) groups is 1. The Bertz CT molecular complexity index is 508. The summed E-state index contributed by atoms with van der Waals surface area (Å²) in [5.41, 5.74) is 0.821. The maximum atomic E-state index is 13.4. The van der Waals surface area contributed by atoms with Crippen molar-refractivity contribution in [1.29, 1.82) is 0 Å². The molecule has 0 spiro atoms. The normalized spacial score (nSPS) is 27.5. The van der Waals surface area contributed by atoms with E-state index < -0.39 is 0 Å². The molecule has 0 radical (unpaired) electrons. The molecule has 20 heavy (non-hydrogen) atoms. The largest absolute Gasteiger partial charge is 0.321 e. The Kier molecular flexibility index (Phi) is 3.72. The average Bonchev–Trinajstić information content (AvgIpc) is 2.98. The number of nitrogens with zero attached hydrogens (tertiary/aromatic N) is 2. The molecule has 2 atom stereocenters. The smallest absolute Gasteiger partial charge is 0.238 e. The fraction of sp³-hybridized carbons (Fsp3) is 0.533. The van der Waals surface area contributed by atoms with Crippen LogP contribution in [0, 0.1) is 11.7 Å². The Hall–Kier alpha value is -1.46. The third-order valence-corrected chi connectivity index (χ3v) is 4.19. The number of carbonyl (C=O) groups excluding carboxylic acids is 1. The van der Waals surface area contributed by atoms with Crippen molar-refractivity contribution in [2.45, 2.75) is 12.6 Å². The molecule has 2 aliphatic heterocycles. The van der Waals surface area contributed by atoms with Crippen LogP contribution < -0.4 is 5.32 Å². The van der Waals surface area contributed by atoms with E-state index in [0.29, 0.717) is 12.5 Å². The van der Waals surface area contributed by atoms with Gasteiger partial charge in [-0.1, -0.05) is 12.1 Å². The first-order chi connectivity index (χ1) is 9.63. The lowest BCUT2D eigenvalue weighted by molar-refractivity contribution is -0.128. The topological polar surface area (TPSA) is 35.6 Å². The van der Waals surface area contributed by atoms with E-state index in [-0.39, 0.29) is 17.9 Å². The lowest BCUT2D eigenvalue weighted by Gasteiger charge is -2.27. The fourth-order valence-corrected chi connectivity index (χ4v) is 3.17. The van der Waals surface area contributed by atoms with Crippen molar-refractivity contribution in [1.82, 2.24) is 15.1 Å². The molecule has 1 aromatic carbocycles. The lowest BCUT2D eigenvalue weighted by Crippen LogP contribution is -2.35. The molecular weight excluding hydrogens is 257 g/mol. The second-order valence-electron chi connectivity index (χ2n) is 5.80. The monoisotopic (exact) mass is 277 g/mol. The van der Waals surface area contributed by atoms with Crippen LogP contribution in [0.25, 0.3) is 0 Å². The summed E-state index contributed by atoms with van der Waals surface area (Å²) in [5, 5.41) is 3.18. The zero-order chi connectivity index (χ0) is 14.1. The van der Waals surface area contributed by atoms with E-state index in [1.54, 1.807) is 6.07 Å². The molecule has 4 nitrogen and oxygen atoms in total. The van der Waals surface area contributed by atoms with Crippen molar-refractivity contribution in [3.63, 3.8) is 0 Å². The molecule has 0 saturated carbocycles. The van der Waals surface area contributed by atoms with Crippen LogP contribution in [0.2, 0.25) is 0 Å². The van der Waals surface area contributed by atoms with E-state index in [4.69, 9.17) is 0 Å². The highest BCUT2D eigenvalue weighted by Gasteiger charge is 2.34. The van der Waals surface area contributed by atoms with E-state index in [0.717, 1.165) is 31.6 Å². The molecule has 1 amide bonds. The zero-order valence-corrected chi connectivity index (χ0v) is 11.7. The first-order valence-electron chi connectivity index (χ1n) is 7.10. The van der Waals surface area contributed by atoms with Crippen LogP contribution in [-0.4, -0.2) is 48.9 Å². The highest BCUT2D eigenvalue weighted by atomic mass is 19.1. The second kappa shape index (κ2) is 5.50. The SMILES string of the molecule is CN1CCC(CN2C(=O)CNC2c2cccc(F)c2)C1. The summed E-state index contributed by atoms with van der Waals surface area (Å²) in [7, 11) is 2.11. The van der Waals surface area contributed by atoms with Crippen LogP contribution in [0.3, 0.4) is 0 Å². The van der Waals surface area contributed by atoms with Crippen molar-refractivity contribution < 1.29 is 9.18 Å². The minimum atomic E-state index is -0.260. The summed E-state index contributed by atoms with van der Waals surface area (Å²) in [6.45, 7) is 3.20. The molecule has 108 valence electrons. The number of amides is 1. The number of nitrogens with one attached hydrogen (secondary N) is 1. The Morgan fingerprint density at radius 2 is 2.30 bits per heavy atom. The minimum absolute atomic E-state index is 0.105. The summed E-state index contributed by atoms with van der Waals surface area (Å²) in [6, 6.07) is 6.49. The van der Waals surface area contributed by atoms with Crippen molar-refractivity contribution in [2.24, 2.45) is 5.92 Å². The molecule has 0 aliphatic carbocycles. The molecule has 3 rings (SSSR count). The van der Waals surface area contributed by atoms with Gasteiger partial charge in [-0.25, -0.2) is 4.39 Å². The highest BCUT2D eigenvalue weighted by Crippen LogP contribution is 2.26. The molecule has 2 unspecified atom stereocenters. The lowest BCUT2D eigenvalue weighted by atomic mass is 10.1. The predicted octanol–water partition coefficient (Wildman–Crippen LogP) is 1.21. The first-order valence-corrected chi connectivity index (χ1v) is 7.10. The molecule has 2 saturated heterocycles. The summed E-state index contributed by atoms with van der Waals surface area (Å²) >= 11 is 0. The van der Waals surface area contributed by atoms with Crippen molar-refractivity contribution in [3.8, 4) is 0 Å². The van der Waals surface area contributed by atoms with E-state index in [9.17, 15) is 9.18 Å². The highest BCUT2D eigenvalue weighted by molar-refractivity contribution is 5.81. The number of rotatable bonds is 3. The van der Waals surface area contributed by atoms with Gasteiger partial charge in [-0.05, 0) is 43.6 Å². The number of halogens is 1. The average molecular weight is 277 g/mol. The molecule has 2 fully saturated rings. The first kappa shape index (κ1) is 13.5. The molecule has 0 aromatic heterocycles. The summed E-state index contributed by atoms with van der Waals surface area (Å²) < 4.78 is 13.4. The number of hydrogen-bond acceptors (Lipinski definition) is 3. The van der Waals surface area contributed by atoms with Crippen LogP contribution >= 0.6 is 0 Å². The Labute approximate surface area is 118 Å². The van der Waals surface area contributed by atoms with E-state index in [1.807, 2.05) is 11.0 Å². The van der Waals surface area contributed by atoms with Crippen LogP contribution in [0.15, 0.2) is 24.3 Å². The Morgan fingerprint density at radius 1 is 1.45 bits per heavy atom. The molecule has 0 bridgehead atoms. The van der Waals surface area contributed by atoms with Gasteiger partial charge in [-0.15, -0.1) is 0 Å².